The average molecular weight is 312 g/mol. The number of halogens is 3. The molecule has 0 bridgehead atoms. The van der Waals surface area contributed by atoms with Crippen molar-refractivity contribution < 1.29 is 13.6 Å². The molecule has 0 aromatic heterocycles. The second kappa shape index (κ2) is 8.01. The fraction of sp³-hybridized carbons (Fsp3) is 0.917. The Morgan fingerprint density at radius 1 is 1.24 bits per heavy atom. The molecule has 17 heavy (non-hydrogen) atoms. The molecule has 1 aliphatic rings. The molecule has 0 spiro atoms. The summed E-state index contributed by atoms with van der Waals surface area (Å²) >= 11 is 3.21. The van der Waals surface area contributed by atoms with Crippen molar-refractivity contribution in [2.45, 2.75) is 45.0 Å². The third-order valence-corrected chi connectivity index (χ3v) is 3.58. The first-order valence-corrected chi connectivity index (χ1v) is 7.40. The molecule has 100 valence electrons. The third kappa shape index (κ3) is 5.32. The van der Waals surface area contributed by atoms with Gasteiger partial charge in [0.1, 0.15) is 0 Å². The van der Waals surface area contributed by atoms with Gasteiger partial charge >= 0.3 is 0 Å². The van der Waals surface area contributed by atoms with Crippen LogP contribution < -0.4 is 0 Å². The quantitative estimate of drug-likeness (QED) is 0.562. The molecular formula is C12H20BrF2NO. The fourth-order valence-corrected chi connectivity index (χ4v) is 2.77. The highest BCUT2D eigenvalue weighted by Gasteiger charge is 2.26. The first kappa shape index (κ1) is 14.9. The predicted octanol–water partition coefficient (Wildman–Crippen LogP) is 3.45. The minimum Gasteiger partial charge on any atom is -0.336 e. The minimum atomic E-state index is -2.44. The van der Waals surface area contributed by atoms with Crippen molar-refractivity contribution >= 4 is 21.8 Å². The van der Waals surface area contributed by atoms with Gasteiger partial charge in [0.25, 0.3) is 6.43 Å². The van der Waals surface area contributed by atoms with Crippen LogP contribution in [0, 0.1) is 5.92 Å². The number of rotatable bonds is 5. The molecule has 1 amide bonds. The Morgan fingerprint density at radius 3 is 2.29 bits per heavy atom. The molecule has 0 atom stereocenters. The summed E-state index contributed by atoms with van der Waals surface area (Å²) in [5.74, 6) is -0.109. The van der Waals surface area contributed by atoms with Crippen LogP contribution in [0.5, 0.6) is 0 Å². The maximum absolute atomic E-state index is 12.4. The van der Waals surface area contributed by atoms with Crippen molar-refractivity contribution in [2.75, 3.05) is 18.4 Å². The molecular weight excluding hydrogens is 292 g/mol. The second-order valence-electron chi connectivity index (χ2n) is 4.55. The Balaban J connectivity index is 2.54. The molecule has 5 heteroatoms. The Morgan fingerprint density at radius 2 is 1.82 bits per heavy atom. The molecule has 1 saturated carbocycles. The lowest BCUT2D eigenvalue weighted by molar-refractivity contribution is -0.137. The summed E-state index contributed by atoms with van der Waals surface area (Å²) in [6.45, 7) is -0.0550. The van der Waals surface area contributed by atoms with E-state index < -0.39 is 13.0 Å². The number of hydrogen-bond donors (Lipinski definition) is 0. The Labute approximate surface area is 110 Å². The number of carbonyl (C=O) groups excluding carboxylic acids is 1. The van der Waals surface area contributed by atoms with Crippen molar-refractivity contribution in [2.24, 2.45) is 5.92 Å². The lowest BCUT2D eigenvalue weighted by Gasteiger charge is -2.26. The molecule has 0 N–H and O–H groups in total. The number of alkyl halides is 3. The smallest absolute Gasteiger partial charge is 0.255 e. The van der Waals surface area contributed by atoms with E-state index in [1.165, 1.54) is 4.90 Å². The largest absolute Gasteiger partial charge is 0.336 e. The SMILES string of the molecule is O=C(C1CCCCCC1)N(CCBr)CC(F)F. The van der Waals surface area contributed by atoms with E-state index in [1.54, 1.807) is 0 Å². The zero-order valence-corrected chi connectivity index (χ0v) is 11.6. The third-order valence-electron chi connectivity index (χ3n) is 3.23. The first-order chi connectivity index (χ1) is 8.15. The van der Waals surface area contributed by atoms with Crippen LogP contribution in [0.25, 0.3) is 0 Å². The molecule has 1 fully saturated rings. The molecule has 1 rings (SSSR count). The van der Waals surface area contributed by atoms with Crippen molar-refractivity contribution in [3.8, 4) is 0 Å². The number of carbonyl (C=O) groups is 1. The van der Waals surface area contributed by atoms with E-state index in [0.717, 1.165) is 38.5 Å². The zero-order valence-electron chi connectivity index (χ0n) is 10.0. The molecule has 0 aromatic rings. The summed E-state index contributed by atoms with van der Waals surface area (Å²) in [7, 11) is 0. The summed E-state index contributed by atoms with van der Waals surface area (Å²) in [4.78, 5) is 13.5. The van der Waals surface area contributed by atoms with Crippen LogP contribution in [0.1, 0.15) is 38.5 Å². The van der Waals surface area contributed by atoms with E-state index in [9.17, 15) is 13.6 Å². The Bertz CT molecular complexity index is 231. The van der Waals surface area contributed by atoms with Gasteiger partial charge in [0, 0.05) is 17.8 Å². The lowest BCUT2D eigenvalue weighted by atomic mass is 9.99. The second-order valence-corrected chi connectivity index (χ2v) is 5.35. The molecule has 0 saturated heterocycles. The van der Waals surface area contributed by atoms with E-state index in [4.69, 9.17) is 0 Å². The number of amides is 1. The standard InChI is InChI=1S/C12H20BrF2NO/c13-7-8-16(9-11(14)15)12(17)10-5-3-1-2-4-6-10/h10-11H,1-9H2. The van der Waals surface area contributed by atoms with E-state index in [-0.39, 0.29) is 11.8 Å². The predicted molar refractivity (Wildman–Crippen MR) is 67.6 cm³/mol. The van der Waals surface area contributed by atoms with Gasteiger partial charge < -0.3 is 4.90 Å². The van der Waals surface area contributed by atoms with E-state index >= 15 is 0 Å². The molecule has 0 aromatic carbocycles. The summed E-state index contributed by atoms with van der Waals surface area (Å²) in [5, 5.41) is 0.554. The Kier molecular flexibility index (Phi) is 7.00. The van der Waals surface area contributed by atoms with E-state index in [0.29, 0.717) is 11.9 Å². The van der Waals surface area contributed by atoms with Crippen LogP contribution >= 0.6 is 15.9 Å². The van der Waals surface area contributed by atoms with Crippen LogP contribution in [0.3, 0.4) is 0 Å². The van der Waals surface area contributed by atoms with Crippen LogP contribution in [0.2, 0.25) is 0 Å². The summed E-state index contributed by atoms with van der Waals surface area (Å²) in [6.07, 6.45) is 3.71. The first-order valence-electron chi connectivity index (χ1n) is 6.28. The van der Waals surface area contributed by atoms with Crippen molar-refractivity contribution in [3.05, 3.63) is 0 Å². The van der Waals surface area contributed by atoms with Crippen molar-refractivity contribution in [1.82, 2.24) is 4.90 Å². The number of hydrogen-bond acceptors (Lipinski definition) is 1. The van der Waals surface area contributed by atoms with Gasteiger partial charge in [-0.2, -0.15) is 0 Å². The van der Waals surface area contributed by atoms with Gasteiger partial charge in [0.2, 0.25) is 5.91 Å². The maximum atomic E-state index is 12.4. The van der Waals surface area contributed by atoms with Gasteiger partial charge in [-0.1, -0.05) is 41.6 Å². The molecule has 0 unspecified atom stereocenters. The fourth-order valence-electron chi connectivity index (χ4n) is 2.34. The van der Waals surface area contributed by atoms with Crippen LogP contribution in [0.15, 0.2) is 0 Å². The Hall–Kier alpha value is -0.190. The monoisotopic (exact) mass is 311 g/mol. The van der Waals surface area contributed by atoms with Gasteiger partial charge in [-0.15, -0.1) is 0 Å². The highest BCUT2D eigenvalue weighted by molar-refractivity contribution is 9.09. The van der Waals surface area contributed by atoms with Crippen LogP contribution in [0.4, 0.5) is 8.78 Å². The van der Waals surface area contributed by atoms with Crippen LogP contribution in [-0.4, -0.2) is 35.7 Å². The topological polar surface area (TPSA) is 20.3 Å². The zero-order chi connectivity index (χ0) is 12.7. The molecule has 0 aliphatic heterocycles. The van der Waals surface area contributed by atoms with Crippen molar-refractivity contribution in [1.29, 1.82) is 0 Å². The highest BCUT2D eigenvalue weighted by atomic mass is 79.9. The molecule has 1 aliphatic carbocycles. The van der Waals surface area contributed by atoms with Crippen LogP contribution in [-0.2, 0) is 4.79 Å². The van der Waals surface area contributed by atoms with E-state index in [1.807, 2.05) is 0 Å². The van der Waals surface area contributed by atoms with Gasteiger partial charge in [-0.25, -0.2) is 8.78 Å². The molecule has 0 heterocycles. The lowest BCUT2D eigenvalue weighted by Crippen LogP contribution is -2.40. The van der Waals surface area contributed by atoms with Crippen molar-refractivity contribution in [3.63, 3.8) is 0 Å². The molecule has 2 nitrogen and oxygen atoms in total. The minimum absolute atomic E-state index is 0.0321. The van der Waals surface area contributed by atoms with Gasteiger partial charge in [-0.3, -0.25) is 4.79 Å². The average Bonchev–Trinajstić information content (AvgIpc) is 2.55. The van der Waals surface area contributed by atoms with Gasteiger partial charge in [0.05, 0.1) is 6.54 Å². The summed E-state index contributed by atoms with van der Waals surface area (Å²) in [5.41, 5.74) is 0. The number of nitrogens with zero attached hydrogens (tertiary/aromatic N) is 1. The summed E-state index contributed by atoms with van der Waals surface area (Å²) < 4.78 is 24.8. The highest BCUT2D eigenvalue weighted by Crippen LogP contribution is 2.24. The van der Waals surface area contributed by atoms with E-state index in [2.05, 4.69) is 15.9 Å². The molecule has 0 radical (unpaired) electrons. The maximum Gasteiger partial charge on any atom is 0.255 e. The normalized spacial score (nSPS) is 18.1. The van der Waals surface area contributed by atoms with Gasteiger partial charge in [0.15, 0.2) is 0 Å². The summed E-state index contributed by atoms with van der Waals surface area (Å²) in [6, 6.07) is 0. The van der Waals surface area contributed by atoms with Gasteiger partial charge in [-0.05, 0) is 12.8 Å².